The maximum atomic E-state index is 11.9. The van der Waals surface area contributed by atoms with Gasteiger partial charge in [-0.15, -0.1) is 5.10 Å². The van der Waals surface area contributed by atoms with Crippen molar-refractivity contribution >= 4 is 23.2 Å². The SMILES string of the molecule is CCC(C)C1=NC2C(=NN=C2C(C)C)C(=O)N1. The molecule has 0 aromatic rings. The van der Waals surface area contributed by atoms with Crippen molar-refractivity contribution < 1.29 is 4.79 Å². The Morgan fingerprint density at radius 3 is 2.59 bits per heavy atom. The summed E-state index contributed by atoms with van der Waals surface area (Å²) in [6, 6.07) is -0.257. The number of carbonyl (C=O) groups excluding carboxylic acids is 1. The van der Waals surface area contributed by atoms with Crippen LogP contribution in [0.5, 0.6) is 0 Å². The van der Waals surface area contributed by atoms with Crippen LogP contribution in [0, 0.1) is 11.8 Å². The molecule has 2 atom stereocenters. The highest BCUT2D eigenvalue weighted by Crippen LogP contribution is 2.19. The Morgan fingerprint density at radius 2 is 2.00 bits per heavy atom. The summed E-state index contributed by atoms with van der Waals surface area (Å²) in [6.07, 6.45) is 0.951. The van der Waals surface area contributed by atoms with Crippen LogP contribution in [0.15, 0.2) is 15.2 Å². The number of rotatable bonds is 3. The molecule has 0 spiro atoms. The number of carbonyl (C=O) groups is 1. The number of nitrogens with zero attached hydrogens (tertiary/aromatic N) is 3. The molecule has 2 rings (SSSR count). The monoisotopic (exact) mass is 234 g/mol. The molecule has 0 aliphatic carbocycles. The maximum Gasteiger partial charge on any atom is 0.275 e. The number of hydrogen-bond donors (Lipinski definition) is 1. The summed E-state index contributed by atoms with van der Waals surface area (Å²) in [4.78, 5) is 16.5. The van der Waals surface area contributed by atoms with E-state index in [0.29, 0.717) is 5.71 Å². The molecule has 92 valence electrons. The normalized spacial score (nSPS) is 24.9. The minimum Gasteiger partial charge on any atom is -0.309 e. The lowest BCUT2D eigenvalue weighted by atomic mass is 9.95. The standard InChI is InChI=1S/C12H18N4O/c1-5-7(4)11-13-9-8(6(2)3)15-16-10(9)12(17)14-11/h6-7,9H,5H2,1-4H3,(H,13,14,17). The number of fused-ring (bicyclic) bond motifs is 1. The highest BCUT2D eigenvalue weighted by atomic mass is 16.2. The zero-order valence-electron chi connectivity index (χ0n) is 10.7. The van der Waals surface area contributed by atoms with E-state index >= 15 is 0 Å². The van der Waals surface area contributed by atoms with Crippen molar-refractivity contribution in [2.45, 2.75) is 40.2 Å². The van der Waals surface area contributed by atoms with Crippen LogP contribution in [0.4, 0.5) is 0 Å². The predicted molar refractivity (Wildman–Crippen MR) is 68.5 cm³/mol. The average Bonchev–Trinajstić information content (AvgIpc) is 2.72. The Kier molecular flexibility index (Phi) is 3.09. The first-order valence-electron chi connectivity index (χ1n) is 6.09. The number of nitrogens with one attached hydrogen (secondary N) is 1. The summed E-state index contributed by atoms with van der Waals surface area (Å²) in [5.74, 6) is 1.12. The van der Waals surface area contributed by atoms with Gasteiger partial charge >= 0.3 is 0 Å². The van der Waals surface area contributed by atoms with Crippen molar-refractivity contribution in [1.82, 2.24) is 5.32 Å². The first kappa shape index (κ1) is 12.0. The summed E-state index contributed by atoms with van der Waals surface area (Å²) in [5, 5.41) is 10.8. The molecule has 0 saturated carbocycles. The third kappa shape index (κ3) is 2.01. The molecule has 0 aromatic carbocycles. The molecule has 0 bridgehead atoms. The molecule has 2 aliphatic heterocycles. The molecule has 0 radical (unpaired) electrons. The van der Waals surface area contributed by atoms with E-state index < -0.39 is 0 Å². The van der Waals surface area contributed by atoms with Crippen LogP contribution in [-0.2, 0) is 4.79 Å². The van der Waals surface area contributed by atoms with Crippen molar-refractivity contribution in [1.29, 1.82) is 0 Å². The van der Waals surface area contributed by atoms with E-state index in [1.165, 1.54) is 0 Å². The quantitative estimate of drug-likeness (QED) is 0.788. The van der Waals surface area contributed by atoms with Crippen LogP contribution in [-0.4, -0.2) is 29.2 Å². The van der Waals surface area contributed by atoms with Gasteiger partial charge in [0.1, 0.15) is 11.9 Å². The fourth-order valence-corrected chi connectivity index (χ4v) is 1.88. The zero-order valence-corrected chi connectivity index (χ0v) is 10.7. The fraction of sp³-hybridized carbons (Fsp3) is 0.667. The van der Waals surface area contributed by atoms with Gasteiger partial charge in [0.15, 0.2) is 5.71 Å². The first-order valence-corrected chi connectivity index (χ1v) is 6.09. The molecule has 0 saturated heterocycles. The van der Waals surface area contributed by atoms with Crippen LogP contribution in [0.3, 0.4) is 0 Å². The molecule has 5 heteroatoms. The summed E-state index contributed by atoms with van der Waals surface area (Å²) in [7, 11) is 0. The van der Waals surface area contributed by atoms with E-state index in [1.54, 1.807) is 0 Å². The molecule has 2 heterocycles. The van der Waals surface area contributed by atoms with Gasteiger partial charge in [-0.05, 0) is 12.3 Å². The van der Waals surface area contributed by atoms with Gasteiger partial charge in [-0.2, -0.15) is 5.10 Å². The maximum absolute atomic E-state index is 11.9. The van der Waals surface area contributed by atoms with Crippen LogP contribution >= 0.6 is 0 Å². The Hall–Kier alpha value is -1.52. The molecule has 2 unspecified atom stereocenters. The van der Waals surface area contributed by atoms with Crippen molar-refractivity contribution in [3.8, 4) is 0 Å². The molecule has 1 N–H and O–H groups in total. The molecule has 0 fully saturated rings. The first-order chi connectivity index (χ1) is 8.04. The summed E-state index contributed by atoms with van der Waals surface area (Å²) < 4.78 is 0. The van der Waals surface area contributed by atoms with Gasteiger partial charge in [-0.25, -0.2) is 0 Å². The Morgan fingerprint density at radius 1 is 1.29 bits per heavy atom. The largest absolute Gasteiger partial charge is 0.309 e. The van der Waals surface area contributed by atoms with Crippen molar-refractivity contribution in [3.63, 3.8) is 0 Å². The second-order valence-corrected chi connectivity index (χ2v) is 4.85. The van der Waals surface area contributed by atoms with E-state index in [2.05, 4.69) is 34.4 Å². The summed E-state index contributed by atoms with van der Waals surface area (Å²) in [6.45, 7) is 8.22. The average molecular weight is 234 g/mol. The van der Waals surface area contributed by atoms with E-state index in [1.807, 2.05) is 13.8 Å². The molecule has 2 aliphatic rings. The topological polar surface area (TPSA) is 66.2 Å². The number of amidine groups is 1. The van der Waals surface area contributed by atoms with Crippen molar-refractivity contribution in [3.05, 3.63) is 0 Å². The molecular formula is C12H18N4O. The van der Waals surface area contributed by atoms with Gasteiger partial charge in [0.25, 0.3) is 5.91 Å². The molecule has 1 amide bonds. The highest BCUT2D eigenvalue weighted by molar-refractivity contribution is 6.50. The molecular weight excluding hydrogens is 216 g/mol. The Labute approximate surface area is 101 Å². The number of hydrogen-bond acceptors (Lipinski definition) is 4. The van der Waals surface area contributed by atoms with Gasteiger partial charge in [-0.3, -0.25) is 9.79 Å². The highest BCUT2D eigenvalue weighted by Gasteiger charge is 2.37. The van der Waals surface area contributed by atoms with Crippen LogP contribution in [0.2, 0.25) is 0 Å². The number of amides is 1. The molecule has 0 aromatic heterocycles. The van der Waals surface area contributed by atoms with E-state index in [0.717, 1.165) is 18.0 Å². The van der Waals surface area contributed by atoms with Crippen molar-refractivity contribution in [2.75, 3.05) is 0 Å². The van der Waals surface area contributed by atoms with Gasteiger partial charge < -0.3 is 5.32 Å². The van der Waals surface area contributed by atoms with Gasteiger partial charge in [0.05, 0.1) is 5.71 Å². The smallest absolute Gasteiger partial charge is 0.275 e. The summed E-state index contributed by atoms with van der Waals surface area (Å²) in [5.41, 5.74) is 1.32. The van der Waals surface area contributed by atoms with Crippen LogP contribution < -0.4 is 5.32 Å². The van der Waals surface area contributed by atoms with E-state index in [9.17, 15) is 4.79 Å². The zero-order chi connectivity index (χ0) is 12.6. The third-order valence-electron chi connectivity index (χ3n) is 3.23. The van der Waals surface area contributed by atoms with Crippen molar-refractivity contribution in [2.24, 2.45) is 27.0 Å². The lowest BCUT2D eigenvalue weighted by Gasteiger charge is -2.23. The minimum absolute atomic E-state index is 0.153. The fourth-order valence-electron chi connectivity index (χ4n) is 1.88. The molecule has 5 nitrogen and oxygen atoms in total. The van der Waals surface area contributed by atoms with E-state index in [4.69, 9.17) is 0 Å². The predicted octanol–water partition coefficient (Wildman–Crippen LogP) is 1.40. The van der Waals surface area contributed by atoms with E-state index in [-0.39, 0.29) is 23.8 Å². The van der Waals surface area contributed by atoms with Gasteiger partial charge in [-0.1, -0.05) is 27.7 Å². The Balaban J connectivity index is 2.32. The van der Waals surface area contributed by atoms with Crippen LogP contribution in [0.25, 0.3) is 0 Å². The molecule has 17 heavy (non-hydrogen) atoms. The Bertz CT molecular complexity index is 434. The van der Waals surface area contributed by atoms with Gasteiger partial charge in [0, 0.05) is 5.92 Å². The second-order valence-electron chi connectivity index (χ2n) is 4.85. The summed E-state index contributed by atoms with van der Waals surface area (Å²) >= 11 is 0. The van der Waals surface area contributed by atoms with Crippen LogP contribution in [0.1, 0.15) is 34.1 Å². The minimum atomic E-state index is -0.257. The second kappa shape index (κ2) is 4.39. The third-order valence-corrected chi connectivity index (χ3v) is 3.23. The lowest BCUT2D eigenvalue weighted by Crippen LogP contribution is -2.50. The lowest BCUT2D eigenvalue weighted by molar-refractivity contribution is -0.113. The number of aliphatic imine (C=N–C) groups is 1. The van der Waals surface area contributed by atoms with Gasteiger partial charge in [0.2, 0.25) is 0 Å².